The van der Waals surface area contributed by atoms with Gasteiger partial charge >= 0.3 is 0 Å². The maximum atomic E-state index is 13.8. The lowest BCUT2D eigenvalue weighted by molar-refractivity contribution is 0.102. The SMILES string of the molecule is Cc1ccc(NC(=O)c2nnn(-c3ccc(C)c(F)c3)c2C)c(C)c1. The average molecular weight is 338 g/mol. The molecule has 1 N–H and O–H groups in total. The Morgan fingerprint density at radius 3 is 2.48 bits per heavy atom. The van der Waals surface area contributed by atoms with Crippen molar-refractivity contribution in [3.05, 3.63) is 70.3 Å². The summed E-state index contributed by atoms with van der Waals surface area (Å²) >= 11 is 0. The Kier molecular flexibility index (Phi) is 4.35. The van der Waals surface area contributed by atoms with Crippen LogP contribution in [0.2, 0.25) is 0 Å². The number of carbonyl (C=O) groups excluding carboxylic acids is 1. The van der Waals surface area contributed by atoms with E-state index in [1.165, 1.54) is 10.7 Å². The summed E-state index contributed by atoms with van der Waals surface area (Å²) in [6, 6.07) is 10.6. The fourth-order valence-corrected chi connectivity index (χ4v) is 2.63. The molecule has 0 spiro atoms. The molecule has 1 aromatic heterocycles. The fraction of sp³-hybridized carbons (Fsp3) is 0.211. The summed E-state index contributed by atoms with van der Waals surface area (Å²) in [5, 5.41) is 10.8. The van der Waals surface area contributed by atoms with Crippen molar-refractivity contribution in [2.45, 2.75) is 27.7 Å². The van der Waals surface area contributed by atoms with E-state index in [9.17, 15) is 9.18 Å². The van der Waals surface area contributed by atoms with Gasteiger partial charge in [-0.15, -0.1) is 5.10 Å². The van der Waals surface area contributed by atoms with Crippen LogP contribution in [0.1, 0.15) is 32.9 Å². The first-order chi connectivity index (χ1) is 11.9. The van der Waals surface area contributed by atoms with Crippen LogP contribution in [0.15, 0.2) is 36.4 Å². The molecule has 0 atom stereocenters. The van der Waals surface area contributed by atoms with Crippen LogP contribution in [0, 0.1) is 33.5 Å². The van der Waals surface area contributed by atoms with Crippen molar-refractivity contribution in [1.29, 1.82) is 0 Å². The molecule has 3 rings (SSSR count). The first-order valence-electron chi connectivity index (χ1n) is 7.94. The predicted molar refractivity (Wildman–Crippen MR) is 94.7 cm³/mol. The summed E-state index contributed by atoms with van der Waals surface area (Å²) < 4.78 is 15.2. The molecule has 0 aliphatic rings. The second kappa shape index (κ2) is 6.47. The fourth-order valence-electron chi connectivity index (χ4n) is 2.63. The van der Waals surface area contributed by atoms with E-state index in [0.717, 1.165) is 16.8 Å². The van der Waals surface area contributed by atoms with Gasteiger partial charge in [-0.3, -0.25) is 4.79 Å². The molecule has 1 heterocycles. The van der Waals surface area contributed by atoms with Crippen molar-refractivity contribution in [3.8, 4) is 5.69 Å². The van der Waals surface area contributed by atoms with Gasteiger partial charge in [0, 0.05) is 5.69 Å². The van der Waals surface area contributed by atoms with Crippen molar-refractivity contribution >= 4 is 11.6 Å². The number of aromatic nitrogens is 3. The van der Waals surface area contributed by atoms with E-state index in [1.54, 1.807) is 26.0 Å². The highest BCUT2D eigenvalue weighted by Crippen LogP contribution is 2.19. The molecular weight excluding hydrogens is 319 g/mol. The van der Waals surface area contributed by atoms with Gasteiger partial charge in [0.1, 0.15) is 5.82 Å². The van der Waals surface area contributed by atoms with Crippen molar-refractivity contribution < 1.29 is 9.18 Å². The third kappa shape index (κ3) is 3.28. The average Bonchev–Trinajstić information content (AvgIpc) is 2.94. The number of halogens is 1. The van der Waals surface area contributed by atoms with Crippen LogP contribution in [0.3, 0.4) is 0 Å². The Morgan fingerprint density at radius 1 is 1.04 bits per heavy atom. The van der Waals surface area contributed by atoms with Crippen LogP contribution >= 0.6 is 0 Å². The lowest BCUT2D eigenvalue weighted by Crippen LogP contribution is -2.15. The Morgan fingerprint density at radius 2 is 1.80 bits per heavy atom. The molecule has 6 heteroatoms. The second-order valence-electron chi connectivity index (χ2n) is 6.14. The highest BCUT2D eigenvalue weighted by atomic mass is 19.1. The number of rotatable bonds is 3. The topological polar surface area (TPSA) is 59.8 Å². The third-order valence-corrected chi connectivity index (χ3v) is 4.14. The lowest BCUT2D eigenvalue weighted by atomic mass is 10.1. The zero-order valence-electron chi connectivity index (χ0n) is 14.6. The number of nitrogens with one attached hydrogen (secondary N) is 1. The molecular formula is C19H19FN4O. The van der Waals surface area contributed by atoms with Crippen LogP contribution in [-0.4, -0.2) is 20.9 Å². The van der Waals surface area contributed by atoms with Crippen molar-refractivity contribution in [3.63, 3.8) is 0 Å². The zero-order chi connectivity index (χ0) is 18.1. The van der Waals surface area contributed by atoms with Crippen molar-refractivity contribution in [2.75, 3.05) is 5.32 Å². The third-order valence-electron chi connectivity index (χ3n) is 4.14. The number of carbonyl (C=O) groups is 1. The van der Waals surface area contributed by atoms with Crippen molar-refractivity contribution in [1.82, 2.24) is 15.0 Å². The first kappa shape index (κ1) is 16.8. The van der Waals surface area contributed by atoms with E-state index in [1.807, 2.05) is 32.0 Å². The van der Waals surface area contributed by atoms with Crippen LogP contribution in [0.4, 0.5) is 10.1 Å². The summed E-state index contributed by atoms with van der Waals surface area (Å²) in [5.74, 6) is -0.669. The number of nitrogens with zero attached hydrogens (tertiary/aromatic N) is 3. The van der Waals surface area contributed by atoms with E-state index in [0.29, 0.717) is 16.9 Å². The van der Waals surface area contributed by atoms with Crippen LogP contribution in [0.5, 0.6) is 0 Å². The lowest BCUT2D eigenvalue weighted by Gasteiger charge is -2.08. The van der Waals surface area contributed by atoms with Gasteiger partial charge in [-0.05, 0) is 57.0 Å². The van der Waals surface area contributed by atoms with Crippen molar-refractivity contribution in [2.24, 2.45) is 0 Å². The quantitative estimate of drug-likeness (QED) is 0.788. The van der Waals surface area contributed by atoms with Gasteiger partial charge in [0.15, 0.2) is 5.69 Å². The monoisotopic (exact) mass is 338 g/mol. The number of benzene rings is 2. The predicted octanol–water partition coefficient (Wildman–Crippen LogP) is 3.89. The molecule has 0 radical (unpaired) electrons. The number of anilines is 1. The first-order valence-corrected chi connectivity index (χ1v) is 7.94. The van der Waals surface area contributed by atoms with Gasteiger partial charge in [-0.25, -0.2) is 9.07 Å². The minimum absolute atomic E-state index is 0.209. The summed E-state index contributed by atoms with van der Waals surface area (Å²) in [5.41, 5.74) is 4.66. The van der Waals surface area contributed by atoms with E-state index in [4.69, 9.17) is 0 Å². The molecule has 1 amide bonds. The summed E-state index contributed by atoms with van der Waals surface area (Å²) in [6.07, 6.45) is 0. The van der Waals surface area contributed by atoms with Gasteiger partial charge in [-0.1, -0.05) is 29.0 Å². The molecule has 0 fully saturated rings. The van der Waals surface area contributed by atoms with E-state index in [-0.39, 0.29) is 17.4 Å². The summed E-state index contributed by atoms with van der Waals surface area (Å²) in [6.45, 7) is 7.35. The Labute approximate surface area is 145 Å². The minimum Gasteiger partial charge on any atom is -0.320 e. The molecule has 0 saturated heterocycles. The maximum Gasteiger partial charge on any atom is 0.278 e. The number of amides is 1. The molecule has 128 valence electrons. The molecule has 3 aromatic rings. The highest BCUT2D eigenvalue weighted by molar-refractivity contribution is 6.04. The van der Waals surface area contributed by atoms with E-state index in [2.05, 4.69) is 15.6 Å². The number of aryl methyl sites for hydroxylation is 3. The summed E-state index contributed by atoms with van der Waals surface area (Å²) in [4.78, 5) is 12.5. The Bertz CT molecular complexity index is 962. The van der Waals surface area contributed by atoms with Crippen LogP contribution < -0.4 is 5.32 Å². The second-order valence-corrected chi connectivity index (χ2v) is 6.14. The van der Waals surface area contributed by atoms with Gasteiger partial charge in [0.2, 0.25) is 0 Å². The molecule has 0 aliphatic carbocycles. The Hall–Kier alpha value is -3.02. The smallest absolute Gasteiger partial charge is 0.278 e. The highest BCUT2D eigenvalue weighted by Gasteiger charge is 2.18. The van der Waals surface area contributed by atoms with Gasteiger partial charge in [0.05, 0.1) is 11.4 Å². The normalized spacial score (nSPS) is 10.8. The van der Waals surface area contributed by atoms with Gasteiger partial charge in [-0.2, -0.15) is 0 Å². The standard InChI is InChI=1S/C19H19FN4O/c1-11-5-8-17(13(3)9-11)21-19(25)18-14(4)24(23-22-18)15-7-6-12(2)16(20)10-15/h5-10H,1-4H3,(H,21,25). The zero-order valence-corrected chi connectivity index (χ0v) is 14.6. The molecule has 0 aliphatic heterocycles. The molecule has 25 heavy (non-hydrogen) atoms. The molecule has 0 saturated carbocycles. The number of hydrogen-bond donors (Lipinski definition) is 1. The summed E-state index contributed by atoms with van der Waals surface area (Å²) in [7, 11) is 0. The van der Waals surface area contributed by atoms with Gasteiger partial charge < -0.3 is 5.32 Å². The largest absolute Gasteiger partial charge is 0.320 e. The molecule has 5 nitrogen and oxygen atoms in total. The Balaban J connectivity index is 1.89. The molecule has 2 aromatic carbocycles. The van der Waals surface area contributed by atoms with Gasteiger partial charge in [0.25, 0.3) is 5.91 Å². The van der Waals surface area contributed by atoms with E-state index >= 15 is 0 Å². The molecule has 0 bridgehead atoms. The maximum absolute atomic E-state index is 13.8. The van der Waals surface area contributed by atoms with Crippen LogP contribution in [-0.2, 0) is 0 Å². The number of hydrogen-bond acceptors (Lipinski definition) is 3. The van der Waals surface area contributed by atoms with Crippen LogP contribution in [0.25, 0.3) is 5.69 Å². The van der Waals surface area contributed by atoms with E-state index < -0.39 is 0 Å². The minimum atomic E-state index is -0.344. The molecule has 0 unspecified atom stereocenters.